The van der Waals surface area contributed by atoms with Crippen LogP contribution in [0.1, 0.15) is 12.5 Å². The molecule has 6 nitrogen and oxygen atoms in total. The van der Waals surface area contributed by atoms with Gasteiger partial charge in [-0.05, 0) is 17.7 Å². The summed E-state index contributed by atoms with van der Waals surface area (Å²) in [6, 6.07) is 4.75. The van der Waals surface area contributed by atoms with Crippen LogP contribution in [0.25, 0.3) is 0 Å². The molecule has 1 atom stereocenters. The first kappa shape index (κ1) is 14.5. The number of carboxylic acid groups (broad SMARTS) is 1. The van der Waals surface area contributed by atoms with Crippen LogP contribution in [-0.2, 0) is 15.3 Å². The predicted octanol–water partition coefficient (Wildman–Crippen LogP) is 1.24. The van der Waals surface area contributed by atoms with E-state index in [1.807, 2.05) is 18.2 Å². The lowest BCUT2D eigenvalue weighted by Crippen LogP contribution is -2.41. The largest absolute Gasteiger partial charge is 0.480 e. The maximum Gasteiger partial charge on any atom is 0.327 e. The number of aliphatic carboxylic acids is 1. The number of rotatable bonds is 6. The Morgan fingerprint density at radius 1 is 1.40 bits per heavy atom. The molecule has 1 amide bonds. The standard InChI is InChI=1S/C13H15NO5S/c1-8(15)14-10(13(16)17)6-20-5-9-2-3-11-12(4-9)19-7-18-11/h2-4,10H,5-7H2,1H3,(H,14,15)(H,16,17)/t10-/m0/s1. The minimum Gasteiger partial charge on any atom is -0.480 e. The minimum absolute atomic E-state index is 0.232. The minimum atomic E-state index is -1.03. The first-order valence-electron chi connectivity index (χ1n) is 6.02. The number of amides is 1. The van der Waals surface area contributed by atoms with E-state index in [4.69, 9.17) is 14.6 Å². The molecule has 108 valence electrons. The van der Waals surface area contributed by atoms with Crippen molar-refractivity contribution >= 4 is 23.6 Å². The third-order valence-electron chi connectivity index (χ3n) is 2.67. The number of carbonyl (C=O) groups is 2. The first-order chi connectivity index (χ1) is 9.56. The fourth-order valence-corrected chi connectivity index (χ4v) is 2.74. The van der Waals surface area contributed by atoms with E-state index >= 15 is 0 Å². The van der Waals surface area contributed by atoms with Crippen molar-refractivity contribution in [2.75, 3.05) is 12.5 Å². The number of thioether (sulfide) groups is 1. The van der Waals surface area contributed by atoms with E-state index in [9.17, 15) is 9.59 Å². The van der Waals surface area contributed by atoms with Gasteiger partial charge in [-0.3, -0.25) is 4.79 Å². The lowest BCUT2D eigenvalue weighted by Gasteiger charge is -2.12. The van der Waals surface area contributed by atoms with Crippen LogP contribution in [0.5, 0.6) is 11.5 Å². The molecule has 2 N–H and O–H groups in total. The Kier molecular flexibility index (Phi) is 4.73. The lowest BCUT2D eigenvalue weighted by atomic mass is 10.2. The highest BCUT2D eigenvalue weighted by Crippen LogP contribution is 2.33. The summed E-state index contributed by atoms with van der Waals surface area (Å²) in [5, 5.41) is 11.4. The van der Waals surface area contributed by atoms with Crippen LogP contribution in [0.15, 0.2) is 18.2 Å². The van der Waals surface area contributed by atoms with E-state index < -0.39 is 12.0 Å². The molecule has 0 aliphatic carbocycles. The van der Waals surface area contributed by atoms with Gasteiger partial charge in [0.1, 0.15) is 6.04 Å². The Hall–Kier alpha value is -1.89. The average molecular weight is 297 g/mol. The van der Waals surface area contributed by atoms with Crippen molar-refractivity contribution in [1.29, 1.82) is 0 Å². The zero-order valence-corrected chi connectivity index (χ0v) is 11.7. The summed E-state index contributed by atoms with van der Waals surface area (Å²) in [4.78, 5) is 21.9. The van der Waals surface area contributed by atoms with Crippen molar-refractivity contribution in [2.24, 2.45) is 0 Å². The molecule has 0 aromatic heterocycles. The molecule has 7 heteroatoms. The molecule has 20 heavy (non-hydrogen) atoms. The number of carbonyl (C=O) groups excluding carboxylic acids is 1. The molecule has 0 spiro atoms. The van der Waals surface area contributed by atoms with Gasteiger partial charge in [-0.15, -0.1) is 0 Å². The molecule has 0 fully saturated rings. The van der Waals surface area contributed by atoms with E-state index in [0.29, 0.717) is 17.3 Å². The highest BCUT2D eigenvalue weighted by atomic mass is 32.2. The summed E-state index contributed by atoms with van der Waals surface area (Å²) in [7, 11) is 0. The van der Waals surface area contributed by atoms with Gasteiger partial charge in [-0.1, -0.05) is 6.07 Å². The Balaban J connectivity index is 1.85. The summed E-state index contributed by atoms with van der Waals surface area (Å²) < 4.78 is 10.5. The molecule has 1 aliphatic rings. The monoisotopic (exact) mass is 297 g/mol. The molecule has 0 radical (unpaired) electrons. The van der Waals surface area contributed by atoms with Crippen LogP contribution >= 0.6 is 11.8 Å². The maximum absolute atomic E-state index is 11.0. The quantitative estimate of drug-likeness (QED) is 0.821. The summed E-state index contributed by atoms with van der Waals surface area (Å²) in [6.07, 6.45) is 0. The number of benzene rings is 1. The SMILES string of the molecule is CC(=O)N[C@@H](CSCc1ccc2c(c1)OCO2)C(=O)O. The van der Waals surface area contributed by atoms with Gasteiger partial charge in [0.15, 0.2) is 11.5 Å². The van der Waals surface area contributed by atoms with Gasteiger partial charge in [0.05, 0.1) is 0 Å². The Bertz CT molecular complexity index is 519. The normalized spacial score (nSPS) is 13.8. The van der Waals surface area contributed by atoms with E-state index in [1.165, 1.54) is 18.7 Å². The number of nitrogens with one attached hydrogen (secondary N) is 1. The molecular weight excluding hydrogens is 282 g/mol. The number of carboxylic acids is 1. The fraction of sp³-hybridized carbons (Fsp3) is 0.385. The third-order valence-corrected chi connectivity index (χ3v) is 3.77. The van der Waals surface area contributed by atoms with E-state index in [1.54, 1.807) is 0 Å². The first-order valence-corrected chi connectivity index (χ1v) is 7.18. The number of fused-ring (bicyclic) bond motifs is 1. The van der Waals surface area contributed by atoms with Gasteiger partial charge in [0, 0.05) is 18.4 Å². The molecule has 1 heterocycles. The zero-order chi connectivity index (χ0) is 14.5. The van der Waals surface area contributed by atoms with Crippen molar-refractivity contribution in [3.8, 4) is 11.5 Å². The predicted molar refractivity (Wildman–Crippen MR) is 74.0 cm³/mol. The summed E-state index contributed by atoms with van der Waals surface area (Å²) in [6.45, 7) is 1.54. The van der Waals surface area contributed by atoms with E-state index in [2.05, 4.69) is 5.32 Å². The molecule has 0 bridgehead atoms. The van der Waals surface area contributed by atoms with E-state index in [0.717, 1.165) is 11.3 Å². The van der Waals surface area contributed by atoms with Gasteiger partial charge < -0.3 is 19.9 Å². The smallest absolute Gasteiger partial charge is 0.327 e. The van der Waals surface area contributed by atoms with Crippen molar-refractivity contribution < 1.29 is 24.2 Å². The highest BCUT2D eigenvalue weighted by Gasteiger charge is 2.18. The molecule has 0 saturated carbocycles. The van der Waals surface area contributed by atoms with Crippen molar-refractivity contribution in [3.05, 3.63) is 23.8 Å². The highest BCUT2D eigenvalue weighted by molar-refractivity contribution is 7.98. The summed E-state index contributed by atoms with van der Waals surface area (Å²) >= 11 is 1.44. The van der Waals surface area contributed by atoms with Gasteiger partial charge in [-0.2, -0.15) is 11.8 Å². The van der Waals surface area contributed by atoms with Crippen LogP contribution in [0.3, 0.4) is 0 Å². The molecule has 0 saturated heterocycles. The Morgan fingerprint density at radius 2 is 2.15 bits per heavy atom. The second kappa shape index (κ2) is 6.51. The molecule has 1 aromatic carbocycles. The molecule has 0 unspecified atom stereocenters. The number of hydrogen-bond donors (Lipinski definition) is 2. The van der Waals surface area contributed by atoms with Crippen molar-refractivity contribution in [2.45, 2.75) is 18.7 Å². The van der Waals surface area contributed by atoms with Gasteiger partial charge in [0.25, 0.3) is 0 Å². The van der Waals surface area contributed by atoms with Crippen LogP contribution in [0.4, 0.5) is 0 Å². The van der Waals surface area contributed by atoms with Gasteiger partial charge >= 0.3 is 5.97 Å². The third kappa shape index (κ3) is 3.80. The van der Waals surface area contributed by atoms with Crippen molar-refractivity contribution in [1.82, 2.24) is 5.32 Å². The summed E-state index contributed by atoms with van der Waals surface area (Å²) in [5.74, 6) is 1.00. The van der Waals surface area contributed by atoms with Crippen molar-refractivity contribution in [3.63, 3.8) is 0 Å². The van der Waals surface area contributed by atoms with Crippen LogP contribution in [-0.4, -0.2) is 35.6 Å². The molecule has 1 aliphatic heterocycles. The average Bonchev–Trinajstić information content (AvgIpc) is 2.84. The van der Waals surface area contributed by atoms with Gasteiger partial charge in [-0.25, -0.2) is 4.79 Å². The molecular formula is C13H15NO5S. The molecule has 1 aromatic rings. The van der Waals surface area contributed by atoms with Crippen LogP contribution < -0.4 is 14.8 Å². The summed E-state index contributed by atoms with van der Waals surface area (Å²) in [5.41, 5.74) is 1.02. The zero-order valence-electron chi connectivity index (χ0n) is 10.9. The second-order valence-electron chi connectivity index (χ2n) is 4.29. The lowest BCUT2D eigenvalue weighted by molar-refractivity contribution is -0.140. The maximum atomic E-state index is 11.0. The fourth-order valence-electron chi connectivity index (χ4n) is 1.75. The van der Waals surface area contributed by atoms with Gasteiger partial charge in [0.2, 0.25) is 12.7 Å². The Labute approximate surface area is 120 Å². The number of hydrogen-bond acceptors (Lipinski definition) is 5. The Morgan fingerprint density at radius 3 is 2.85 bits per heavy atom. The second-order valence-corrected chi connectivity index (χ2v) is 5.32. The van der Waals surface area contributed by atoms with Crippen LogP contribution in [0.2, 0.25) is 0 Å². The topological polar surface area (TPSA) is 84.9 Å². The number of ether oxygens (including phenoxy) is 2. The molecule has 2 rings (SSSR count). The van der Waals surface area contributed by atoms with E-state index in [-0.39, 0.29) is 12.7 Å². The van der Waals surface area contributed by atoms with Crippen LogP contribution in [0, 0.1) is 0 Å².